The molecule has 1 unspecified atom stereocenters. The summed E-state index contributed by atoms with van der Waals surface area (Å²) >= 11 is 0. The first-order valence-corrected chi connectivity index (χ1v) is 4.81. The summed E-state index contributed by atoms with van der Waals surface area (Å²) in [5.74, 6) is -0.446. The summed E-state index contributed by atoms with van der Waals surface area (Å²) in [5.41, 5.74) is 6.00. The number of nitrogens with one attached hydrogen (secondary N) is 1. The maximum atomic E-state index is 10.3. The van der Waals surface area contributed by atoms with E-state index in [1.54, 1.807) is 12.5 Å². The lowest BCUT2D eigenvalue weighted by Crippen LogP contribution is -2.25. The fraction of sp³-hybridized carbons (Fsp3) is 0.500. The molecule has 0 aromatic carbocycles. The molecule has 5 nitrogen and oxygen atoms in total. The van der Waals surface area contributed by atoms with Gasteiger partial charge in [0.2, 0.25) is 5.91 Å². The number of amides is 1. The molecule has 0 aliphatic heterocycles. The lowest BCUT2D eigenvalue weighted by Gasteiger charge is -2.11. The van der Waals surface area contributed by atoms with Crippen LogP contribution < -0.4 is 11.1 Å². The Balaban J connectivity index is 2.08. The highest BCUT2D eigenvalue weighted by Gasteiger charge is 2.04. The second-order valence-corrected chi connectivity index (χ2v) is 3.25. The van der Waals surface area contributed by atoms with Crippen molar-refractivity contribution < 1.29 is 13.9 Å². The van der Waals surface area contributed by atoms with Gasteiger partial charge in [0.15, 0.2) is 0 Å². The topological polar surface area (TPSA) is 77.5 Å². The van der Waals surface area contributed by atoms with Crippen LogP contribution in [0.5, 0.6) is 0 Å². The molecule has 0 radical (unpaired) electrons. The second kappa shape index (κ2) is 6.21. The monoisotopic (exact) mass is 212 g/mol. The number of hydrogen-bond donors (Lipinski definition) is 2. The number of nitrogens with two attached hydrogens (primary N) is 1. The summed E-state index contributed by atoms with van der Waals surface area (Å²) in [6.45, 7) is 3.13. The van der Waals surface area contributed by atoms with Gasteiger partial charge in [0.25, 0.3) is 0 Å². The Bertz CT molecular complexity index is 285. The van der Waals surface area contributed by atoms with Crippen LogP contribution in [-0.2, 0) is 9.53 Å². The van der Waals surface area contributed by atoms with Gasteiger partial charge in [0, 0.05) is 18.2 Å². The third kappa shape index (κ3) is 4.62. The lowest BCUT2D eigenvalue weighted by atomic mass is 10.2. The van der Waals surface area contributed by atoms with E-state index in [9.17, 15) is 4.79 Å². The van der Waals surface area contributed by atoms with Gasteiger partial charge in [-0.05, 0) is 13.0 Å². The van der Waals surface area contributed by atoms with Gasteiger partial charge in [-0.25, -0.2) is 0 Å². The lowest BCUT2D eigenvalue weighted by molar-refractivity contribution is -0.122. The Morgan fingerprint density at radius 3 is 3.13 bits per heavy atom. The van der Waals surface area contributed by atoms with Crippen LogP contribution in [-0.4, -0.2) is 25.7 Å². The van der Waals surface area contributed by atoms with Gasteiger partial charge < -0.3 is 20.2 Å². The van der Waals surface area contributed by atoms with Crippen LogP contribution in [0.1, 0.15) is 18.5 Å². The second-order valence-electron chi connectivity index (χ2n) is 3.25. The molecule has 0 saturated heterocycles. The van der Waals surface area contributed by atoms with Gasteiger partial charge in [0.05, 0.1) is 19.1 Å². The average Bonchev–Trinajstić information content (AvgIpc) is 2.69. The Morgan fingerprint density at radius 2 is 2.53 bits per heavy atom. The van der Waals surface area contributed by atoms with Crippen molar-refractivity contribution in [2.24, 2.45) is 5.73 Å². The molecule has 0 aliphatic rings. The zero-order valence-corrected chi connectivity index (χ0v) is 8.73. The summed E-state index contributed by atoms with van der Waals surface area (Å²) in [6.07, 6.45) is 3.33. The van der Waals surface area contributed by atoms with Crippen LogP contribution in [0.4, 0.5) is 0 Å². The molecule has 1 amide bonds. The molecule has 5 heteroatoms. The highest BCUT2D eigenvalue weighted by molar-refractivity contribution is 5.74. The quantitative estimate of drug-likeness (QED) is 0.642. The van der Waals surface area contributed by atoms with E-state index in [-0.39, 0.29) is 12.6 Å². The first-order chi connectivity index (χ1) is 7.20. The smallest absolute Gasteiger partial charge is 0.243 e. The largest absolute Gasteiger partial charge is 0.472 e. The van der Waals surface area contributed by atoms with E-state index in [1.165, 1.54) is 0 Å². The minimum absolute atomic E-state index is 0.0260. The molecule has 1 heterocycles. The van der Waals surface area contributed by atoms with E-state index in [0.717, 1.165) is 5.56 Å². The van der Waals surface area contributed by atoms with E-state index in [2.05, 4.69) is 5.32 Å². The molecule has 1 rings (SSSR count). The standard InChI is InChI=1S/C10H16N2O3/c1-8(9-2-4-14-6-9)12-3-5-15-7-10(11)13/h2,4,6,8,12H,3,5,7H2,1H3,(H2,11,13). The fourth-order valence-electron chi connectivity index (χ4n) is 1.16. The Kier molecular flexibility index (Phi) is 4.86. The van der Waals surface area contributed by atoms with Gasteiger partial charge in [-0.1, -0.05) is 0 Å². The first kappa shape index (κ1) is 11.7. The normalized spacial score (nSPS) is 12.6. The summed E-state index contributed by atoms with van der Waals surface area (Å²) in [5, 5.41) is 3.22. The van der Waals surface area contributed by atoms with Crippen molar-refractivity contribution in [3.63, 3.8) is 0 Å². The van der Waals surface area contributed by atoms with Crippen molar-refractivity contribution in [2.45, 2.75) is 13.0 Å². The molecule has 1 aromatic rings. The number of carbonyl (C=O) groups is 1. The molecule has 15 heavy (non-hydrogen) atoms. The van der Waals surface area contributed by atoms with E-state index < -0.39 is 5.91 Å². The van der Waals surface area contributed by atoms with Crippen molar-refractivity contribution in [3.05, 3.63) is 24.2 Å². The molecule has 1 atom stereocenters. The van der Waals surface area contributed by atoms with Gasteiger partial charge in [-0.3, -0.25) is 4.79 Å². The summed E-state index contributed by atoms with van der Waals surface area (Å²) in [6, 6.07) is 2.11. The van der Waals surface area contributed by atoms with Crippen molar-refractivity contribution in [1.29, 1.82) is 0 Å². The van der Waals surface area contributed by atoms with Crippen LogP contribution in [0.3, 0.4) is 0 Å². The molecule has 0 spiro atoms. The van der Waals surface area contributed by atoms with Crippen molar-refractivity contribution >= 4 is 5.91 Å². The predicted molar refractivity (Wildman–Crippen MR) is 55.1 cm³/mol. The third-order valence-electron chi connectivity index (χ3n) is 1.98. The number of carbonyl (C=O) groups excluding carboxylic acids is 1. The Hall–Kier alpha value is -1.33. The Morgan fingerprint density at radius 1 is 1.73 bits per heavy atom. The van der Waals surface area contributed by atoms with Crippen molar-refractivity contribution in [3.8, 4) is 0 Å². The molecule has 1 aromatic heterocycles. The number of primary amides is 1. The van der Waals surface area contributed by atoms with Crippen molar-refractivity contribution in [2.75, 3.05) is 19.8 Å². The highest BCUT2D eigenvalue weighted by Crippen LogP contribution is 2.11. The zero-order chi connectivity index (χ0) is 11.1. The van der Waals surface area contributed by atoms with Gasteiger partial charge in [0.1, 0.15) is 6.61 Å². The van der Waals surface area contributed by atoms with E-state index >= 15 is 0 Å². The average molecular weight is 212 g/mol. The molecular formula is C10H16N2O3. The minimum Gasteiger partial charge on any atom is -0.472 e. The number of ether oxygens (including phenoxy) is 1. The third-order valence-corrected chi connectivity index (χ3v) is 1.98. The predicted octanol–water partition coefficient (Wildman–Crippen LogP) is 0.432. The highest BCUT2D eigenvalue weighted by atomic mass is 16.5. The van der Waals surface area contributed by atoms with E-state index in [4.69, 9.17) is 14.9 Å². The minimum atomic E-state index is -0.446. The van der Waals surface area contributed by atoms with Gasteiger partial charge in [-0.2, -0.15) is 0 Å². The van der Waals surface area contributed by atoms with Crippen LogP contribution in [0.15, 0.2) is 23.0 Å². The first-order valence-electron chi connectivity index (χ1n) is 4.81. The van der Waals surface area contributed by atoms with Gasteiger partial charge in [-0.15, -0.1) is 0 Å². The van der Waals surface area contributed by atoms with Crippen LogP contribution in [0.25, 0.3) is 0 Å². The molecule has 3 N–H and O–H groups in total. The van der Waals surface area contributed by atoms with Crippen LogP contribution in [0, 0.1) is 0 Å². The molecule has 0 bridgehead atoms. The van der Waals surface area contributed by atoms with Gasteiger partial charge >= 0.3 is 0 Å². The number of furan rings is 1. The Labute approximate surface area is 88.6 Å². The van der Waals surface area contributed by atoms with Crippen molar-refractivity contribution in [1.82, 2.24) is 5.32 Å². The summed E-state index contributed by atoms with van der Waals surface area (Å²) in [7, 11) is 0. The summed E-state index contributed by atoms with van der Waals surface area (Å²) in [4.78, 5) is 10.3. The number of rotatable bonds is 7. The molecule has 0 fully saturated rings. The number of hydrogen-bond acceptors (Lipinski definition) is 4. The SMILES string of the molecule is CC(NCCOCC(N)=O)c1ccoc1. The van der Waals surface area contributed by atoms with E-state index in [0.29, 0.717) is 13.2 Å². The fourth-order valence-corrected chi connectivity index (χ4v) is 1.16. The molecule has 0 aliphatic carbocycles. The maximum Gasteiger partial charge on any atom is 0.243 e. The van der Waals surface area contributed by atoms with Crippen LogP contribution in [0.2, 0.25) is 0 Å². The molecule has 84 valence electrons. The van der Waals surface area contributed by atoms with Crippen LogP contribution >= 0.6 is 0 Å². The maximum absolute atomic E-state index is 10.3. The molecular weight excluding hydrogens is 196 g/mol. The summed E-state index contributed by atoms with van der Waals surface area (Å²) < 4.78 is 9.96. The zero-order valence-electron chi connectivity index (χ0n) is 8.73. The van der Waals surface area contributed by atoms with E-state index in [1.807, 2.05) is 13.0 Å². The molecule has 0 saturated carbocycles.